The Labute approximate surface area is 137 Å². The summed E-state index contributed by atoms with van der Waals surface area (Å²) in [6.07, 6.45) is 0. The molecule has 2 rings (SSSR count). The van der Waals surface area contributed by atoms with E-state index in [1.54, 1.807) is 6.07 Å². The van der Waals surface area contributed by atoms with Gasteiger partial charge < -0.3 is 4.74 Å². The van der Waals surface area contributed by atoms with E-state index in [0.29, 0.717) is 5.75 Å². The molecule has 0 spiro atoms. The molecule has 2 aromatic carbocycles. The van der Waals surface area contributed by atoms with Gasteiger partial charge in [0.25, 0.3) is 11.8 Å². The van der Waals surface area contributed by atoms with Gasteiger partial charge in [0.15, 0.2) is 6.61 Å². The highest BCUT2D eigenvalue weighted by molar-refractivity contribution is 5.95. The van der Waals surface area contributed by atoms with E-state index in [9.17, 15) is 18.4 Å². The summed E-state index contributed by atoms with van der Waals surface area (Å²) in [7, 11) is 0. The van der Waals surface area contributed by atoms with E-state index >= 15 is 0 Å². The van der Waals surface area contributed by atoms with Gasteiger partial charge in [-0.15, -0.1) is 0 Å². The molecule has 2 amide bonds. The molecule has 0 bridgehead atoms. The van der Waals surface area contributed by atoms with Crippen molar-refractivity contribution in [3.63, 3.8) is 0 Å². The Bertz CT molecular complexity index is 758. The molecule has 0 unspecified atom stereocenters. The first kappa shape index (κ1) is 17.4. The fraction of sp³-hybridized carbons (Fsp3) is 0.176. The minimum absolute atomic E-state index is 0.357. The van der Waals surface area contributed by atoms with E-state index in [1.807, 2.05) is 36.8 Å². The van der Waals surface area contributed by atoms with Crippen molar-refractivity contribution in [1.29, 1.82) is 0 Å². The molecule has 0 saturated carbocycles. The number of nitrogens with one attached hydrogen (secondary N) is 2. The van der Waals surface area contributed by atoms with Crippen molar-refractivity contribution in [3.05, 3.63) is 64.7 Å². The van der Waals surface area contributed by atoms with Crippen LogP contribution in [0.25, 0.3) is 0 Å². The maximum Gasteiger partial charge on any atom is 0.276 e. The second-order valence-electron chi connectivity index (χ2n) is 5.16. The van der Waals surface area contributed by atoms with E-state index in [2.05, 4.69) is 0 Å². The lowest BCUT2D eigenvalue weighted by atomic mass is 10.1. The molecule has 0 aromatic heterocycles. The van der Waals surface area contributed by atoms with Crippen LogP contribution >= 0.6 is 0 Å². The van der Waals surface area contributed by atoms with Gasteiger partial charge in [-0.2, -0.15) is 0 Å². The monoisotopic (exact) mass is 334 g/mol. The number of hydrogen-bond donors (Lipinski definition) is 2. The molecular weight excluding hydrogens is 318 g/mol. The van der Waals surface area contributed by atoms with Crippen molar-refractivity contribution in [3.8, 4) is 5.75 Å². The second kappa shape index (κ2) is 7.54. The molecule has 0 radical (unpaired) electrons. The highest BCUT2D eigenvalue weighted by atomic mass is 19.1. The first-order valence-corrected chi connectivity index (χ1v) is 7.11. The van der Waals surface area contributed by atoms with Gasteiger partial charge in [0.1, 0.15) is 22.9 Å². The summed E-state index contributed by atoms with van der Waals surface area (Å²) in [5.41, 5.74) is 5.04. The fourth-order valence-electron chi connectivity index (χ4n) is 1.95. The van der Waals surface area contributed by atoms with Crippen LogP contribution in [0.4, 0.5) is 8.78 Å². The van der Waals surface area contributed by atoms with Crippen molar-refractivity contribution >= 4 is 11.8 Å². The highest BCUT2D eigenvalue weighted by Crippen LogP contribution is 2.18. The molecule has 0 aliphatic rings. The highest BCUT2D eigenvalue weighted by Gasteiger charge is 2.17. The van der Waals surface area contributed by atoms with Gasteiger partial charge in [-0.25, -0.2) is 8.78 Å². The van der Waals surface area contributed by atoms with E-state index in [0.717, 1.165) is 29.3 Å². The zero-order valence-electron chi connectivity index (χ0n) is 13.2. The molecule has 0 saturated heterocycles. The maximum atomic E-state index is 13.4. The van der Waals surface area contributed by atoms with Crippen molar-refractivity contribution in [2.75, 3.05) is 6.61 Å². The van der Waals surface area contributed by atoms with Gasteiger partial charge in [-0.05, 0) is 43.2 Å². The topological polar surface area (TPSA) is 67.4 Å². The number of ether oxygens (including phenoxy) is 1. The molecule has 2 aromatic rings. The van der Waals surface area contributed by atoms with E-state index in [-0.39, 0.29) is 6.61 Å². The lowest BCUT2D eigenvalue weighted by molar-refractivity contribution is -0.123. The first-order valence-electron chi connectivity index (χ1n) is 7.11. The smallest absolute Gasteiger partial charge is 0.276 e. The number of aryl methyl sites for hydroxylation is 2. The Morgan fingerprint density at radius 3 is 2.38 bits per heavy atom. The van der Waals surface area contributed by atoms with Gasteiger partial charge in [0, 0.05) is 0 Å². The normalized spacial score (nSPS) is 10.2. The molecular formula is C17H16F2N2O3. The zero-order valence-corrected chi connectivity index (χ0v) is 13.2. The summed E-state index contributed by atoms with van der Waals surface area (Å²) in [5.74, 6) is -3.26. The van der Waals surface area contributed by atoms with Crippen LogP contribution in [0.15, 0.2) is 36.4 Å². The number of carbonyl (C=O) groups excluding carboxylic acids is 2. The number of amides is 2. The third kappa shape index (κ3) is 4.28. The number of hydrazine groups is 1. The summed E-state index contributed by atoms with van der Waals surface area (Å²) < 4.78 is 32.2. The summed E-state index contributed by atoms with van der Waals surface area (Å²) in [4.78, 5) is 23.4. The third-order valence-corrected chi connectivity index (χ3v) is 3.21. The molecule has 0 fully saturated rings. The molecule has 24 heavy (non-hydrogen) atoms. The second-order valence-corrected chi connectivity index (χ2v) is 5.16. The minimum Gasteiger partial charge on any atom is -0.483 e. The van der Waals surface area contributed by atoms with Crippen LogP contribution in [0.3, 0.4) is 0 Å². The maximum absolute atomic E-state index is 13.4. The minimum atomic E-state index is -1.09. The van der Waals surface area contributed by atoms with Crippen LogP contribution in [0.5, 0.6) is 5.75 Å². The first-order chi connectivity index (χ1) is 11.4. The molecule has 0 atom stereocenters. The number of rotatable bonds is 4. The Kier molecular flexibility index (Phi) is 5.47. The van der Waals surface area contributed by atoms with Crippen molar-refractivity contribution in [1.82, 2.24) is 10.9 Å². The number of halogens is 2. The Morgan fingerprint density at radius 1 is 1.04 bits per heavy atom. The van der Waals surface area contributed by atoms with Gasteiger partial charge in [-0.3, -0.25) is 20.4 Å². The Hall–Kier alpha value is -2.96. The lowest BCUT2D eigenvalue weighted by Crippen LogP contribution is -2.44. The molecule has 0 heterocycles. The van der Waals surface area contributed by atoms with Crippen LogP contribution in [0.2, 0.25) is 0 Å². The molecule has 7 heteroatoms. The predicted molar refractivity (Wildman–Crippen MR) is 83.4 cm³/mol. The van der Waals surface area contributed by atoms with Crippen LogP contribution in [-0.4, -0.2) is 18.4 Å². The van der Waals surface area contributed by atoms with Crippen LogP contribution in [-0.2, 0) is 4.79 Å². The van der Waals surface area contributed by atoms with Crippen molar-refractivity contribution < 1.29 is 23.1 Å². The van der Waals surface area contributed by atoms with Crippen LogP contribution in [0, 0.1) is 25.5 Å². The zero-order chi connectivity index (χ0) is 17.7. The van der Waals surface area contributed by atoms with Crippen molar-refractivity contribution in [2.45, 2.75) is 13.8 Å². The molecule has 5 nitrogen and oxygen atoms in total. The van der Waals surface area contributed by atoms with Gasteiger partial charge in [-0.1, -0.05) is 18.2 Å². The lowest BCUT2D eigenvalue weighted by Gasteiger charge is -2.11. The fourth-order valence-corrected chi connectivity index (χ4v) is 1.95. The van der Waals surface area contributed by atoms with Crippen LogP contribution < -0.4 is 15.6 Å². The summed E-state index contributed by atoms with van der Waals surface area (Å²) in [5, 5.41) is 0. The number of benzene rings is 2. The molecule has 126 valence electrons. The van der Waals surface area contributed by atoms with Gasteiger partial charge in [0.05, 0.1) is 0 Å². The molecule has 0 aliphatic heterocycles. The van der Waals surface area contributed by atoms with Crippen LogP contribution in [0.1, 0.15) is 21.5 Å². The quantitative estimate of drug-likeness (QED) is 0.844. The molecule has 2 N–H and O–H groups in total. The summed E-state index contributed by atoms with van der Waals surface area (Å²) >= 11 is 0. The van der Waals surface area contributed by atoms with Gasteiger partial charge >= 0.3 is 0 Å². The van der Waals surface area contributed by atoms with Crippen molar-refractivity contribution in [2.24, 2.45) is 0 Å². The Morgan fingerprint density at radius 2 is 1.71 bits per heavy atom. The van der Waals surface area contributed by atoms with E-state index in [4.69, 9.17) is 4.74 Å². The summed E-state index contributed by atoms with van der Waals surface area (Å²) in [6, 6.07) is 8.57. The SMILES string of the molecule is Cc1ccc(C)c(OCC(=O)NNC(=O)c2c(F)cccc2F)c1. The average molecular weight is 334 g/mol. The number of hydrogen-bond acceptors (Lipinski definition) is 3. The number of carbonyl (C=O) groups is 2. The predicted octanol–water partition coefficient (Wildman–Crippen LogP) is 2.42. The molecule has 0 aliphatic carbocycles. The van der Waals surface area contributed by atoms with Gasteiger partial charge in [0.2, 0.25) is 0 Å². The Balaban J connectivity index is 1.89. The standard InChI is InChI=1S/C17H16F2N2O3/c1-10-6-7-11(2)14(8-10)24-9-15(22)20-21-17(23)16-12(18)4-3-5-13(16)19/h3-8H,9H2,1-2H3,(H,20,22)(H,21,23). The summed E-state index contributed by atoms with van der Waals surface area (Å²) in [6.45, 7) is 3.36. The van der Waals surface area contributed by atoms with E-state index < -0.39 is 29.0 Å². The average Bonchev–Trinajstić information content (AvgIpc) is 2.53. The third-order valence-electron chi connectivity index (χ3n) is 3.21. The van der Waals surface area contributed by atoms with E-state index in [1.165, 1.54) is 0 Å². The largest absolute Gasteiger partial charge is 0.483 e.